The minimum absolute atomic E-state index is 0.310. The van der Waals surface area contributed by atoms with Gasteiger partial charge in [-0.15, -0.1) is 0 Å². The molecule has 0 fully saturated rings. The molecule has 0 amide bonds. The lowest BCUT2D eigenvalue weighted by atomic mass is 10.1. The van der Waals surface area contributed by atoms with Crippen molar-refractivity contribution in [3.05, 3.63) is 29.8 Å². The third-order valence-electron chi connectivity index (χ3n) is 2.04. The molecule has 0 spiro atoms. The molecule has 2 nitrogen and oxygen atoms in total. The standard InChI is InChI=1S/C9H9O2.Al/c10-9-6-5-7-3-1-2-4-8(7)11-9;/h1-5,9-10H,6H2;. The van der Waals surface area contributed by atoms with E-state index in [1.54, 1.807) is 0 Å². The molecule has 2 rings (SSSR count). The smallest absolute Gasteiger partial charge is 0.196 e. The fraction of sp³-hybridized carbons (Fsp3) is 0.333. The van der Waals surface area contributed by atoms with Crippen molar-refractivity contribution >= 4 is 16.3 Å². The first-order valence-corrected chi connectivity index (χ1v) is 4.63. The van der Waals surface area contributed by atoms with Crippen molar-refractivity contribution in [2.24, 2.45) is 0 Å². The van der Waals surface area contributed by atoms with Crippen LogP contribution in [-0.4, -0.2) is 27.7 Å². The molecule has 1 aliphatic heterocycles. The summed E-state index contributed by atoms with van der Waals surface area (Å²) in [6.45, 7) is 0. The van der Waals surface area contributed by atoms with E-state index in [4.69, 9.17) is 4.74 Å². The van der Waals surface area contributed by atoms with E-state index in [9.17, 15) is 5.11 Å². The summed E-state index contributed by atoms with van der Waals surface area (Å²) in [5, 5.41) is 9.29. The summed E-state index contributed by atoms with van der Waals surface area (Å²) in [5.41, 5.74) is 1.16. The zero-order valence-corrected chi connectivity index (χ0v) is 7.76. The van der Waals surface area contributed by atoms with Gasteiger partial charge in [-0.3, -0.25) is 0 Å². The Morgan fingerprint density at radius 2 is 2.17 bits per heavy atom. The molecule has 12 heavy (non-hydrogen) atoms. The first-order valence-electron chi connectivity index (χ1n) is 3.96. The maximum absolute atomic E-state index is 9.29. The number of aliphatic hydroxyl groups excluding tert-OH is 1. The van der Waals surface area contributed by atoms with Gasteiger partial charge in [0.15, 0.2) is 6.29 Å². The molecule has 2 atom stereocenters. The van der Waals surface area contributed by atoms with Crippen LogP contribution in [0.4, 0.5) is 0 Å². The lowest BCUT2D eigenvalue weighted by Crippen LogP contribution is -2.25. The topological polar surface area (TPSA) is 29.5 Å². The first-order chi connectivity index (χ1) is 5.77. The molecule has 0 aromatic heterocycles. The van der Waals surface area contributed by atoms with E-state index in [0.717, 1.165) is 11.3 Å². The second-order valence-electron chi connectivity index (χ2n) is 2.95. The van der Waals surface area contributed by atoms with E-state index in [2.05, 4.69) is 16.3 Å². The van der Waals surface area contributed by atoms with Crippen molar-refractivity contribution in [3.8, 4) is 5.75 Å². The Hall–Kier alpha value is -0.488. The Morgan fingerprint density at radius 1 is 1.42 bits per heavy atom. The molecule has 0 saturated carbocycles. The van der Waals surface area contributed by atoms with E-state index in [-0.39, 0.29) is 0 Å². The summed E-state index contributed by atoms with van der Waals surface area (Å²) in [4.78, 5) is 0. The van der Waals surface area contributed by atoms with Crippen molar-refractivity contribution in [2.45, 2.75) is 17.5 Å². The summed E-state index contributed by atoms with van der Waals surface area (Å²) in [7, 11) is 0. The van der Waals surface area contributed by atoms with Crippen LogP contribution in [-0.2, 0) is 0 Å². The second kappa shape index (κ2) is 3.10. The Kier molecular flexibility index (Phi) is 2.10. The molecule has 1 heterocycles. The Labute approximate surface area is 79.6 Å². The van der Waals surface area contributed by atoms with Gasteiger partial charge in [0.05, 0.1) is 0 Å². The van der Waals surface area contributed by atoms with E-state index in [1.807, 2.05) is 24.3 Å². The minimum Gasteiger partial charge on any atom is -0.465 e. The summed E-state index contributed by atoms with van der Waals surface area (Å²) in [6.07, 6.45) is 0.00389. The minimum atomic E-state index is -0.651. The van der Waals surface area contributed by atoms with Crippen molar-refractivity contribution in [3.63, 3.8) is 0 Å². The van der Waals surface area contributed by atoms with Crippen molar-refractivity contribution in [1.82, 2.24) is 0 Å². The Bertz CT molecular complexity index is 288. The van der Waals surface area contributed by atoms with Crippen LogP contribution in [0.1, 0.15) is 16.8 Å². The summed E-state index contributed by atoms with van der Waals surface area (Å²) in [5.74, 6) is 0.802. The maximum atomic E-state index is 9.29. The first kappa shape index (κ1) is 8.13. The monoisotopic (exact) mass is 176 g/mol. The van der Waals surface area contributed by atoms with Crippen LogP contribution in [0.25, 0.3) is 0 Å². The highest BCUT2D eigenvalue weighted by Crippen LogP contribution is 2.32. The SMILES string of the molecule is OC1C[CH]([Al])c2ccccc2O1. The fourth-order valence-corrected chi connectivity index (χ4v) is 1.94. The molecular formula is C9H9AlO2. The van der Waals surface area contributed by atoms with Crippen LogP contribution in [0.2, 0.25) is 0 Å². The molecule has 2 radical (unpaired) electrons. The number of ether oxygens (including phenoxy) is 1. The molecule has 1 N–H and O–H groups in total. The van der Waals surface area contributed by atoms with E-state index < -0.39 is 6.29 Å². The average Bonchev–Trinajstić information content (AvgIpc) is 2.04. The summed E-state index contributed by atoms with van der Waals surface area (Å²) < 4.78 is 5.55. The van der Waals surface area contributed by atoms with Crippen LogP contribution in [0.3, 0.4) is 0 Å². The van der Waals surface area contributed by atoms with E-state index in [1.165, 1.54) is 0 Å². The van der Waals surface area contributed by atoms with Crippen molar-refractivity contribution in [1.29, 1.82) is 0 Å². The van der Waals surface area contributed by atoms with Gasteiger partial charge in [0.2, 0.25) is 0 Å². The zero-order chi connectivity index (χ0) is 8.55. The van der Waals surface area contributed by atoms with Gasteiger partial charge in [-0.2, -0.15) is 0 Å². The quantitative estimate of drug-likeness (QED) is 0.597. The largest absolute Gasteiger partial charge is 0.465 e. The van der Waals surface area contributed by atoms with Gasteiger partial charge >= 0.3 is 0 Å². The lowest BCUT2D eigenvalue weighted by Gasteiger charge is -2.27. The molecule has 3 heteroatoms. The van der Waals surface area contributed by atoms with Gasteiger partial charge in [0.25, 0.3) is 0 Å². The number of fused-ring (bicyclic) bond motifs is 1. The van der Waals surface area contributed by atoms with Gasteiger partial charge in [0, 0.05) is 6.42 Å². The number of rotatable bonds is 0. The van der Waals surface area contributed by atoms with Crippen molar-refractivity contribution in [2.75, 3.05) is 0 Å². The van der Waals surface area contributed by atoms with Crippen LogP contribution in [0.5, 0.6) is 5.75 Å². The summed E-state index contributed by atoms with van der Waals surface area (Å²) in [6, 6.07) is 7.80. The lowest BCUT2D eigenvalue weighted by molar-refractivity contribution is -0.0329. The second-order valence-corrected chi connectivity index (χ2v) is 3.76. The molecule has 0 aliphatic carbocycles. The van der Waals surface area contributed by atoms with E-state index in [0.29, 0.717) is 11.2 Å². The highest BCUT2D eigenvalue weighted by atomic mass is 27.0. The van der Waals surface area contributed by atoms with Gasteiger partial charge in [-0.1, -0.05) is 23.0 Å². The molecule has 60 valence electrons. The molecule has 1 aromatic carbocycles. The van der Waals surface area contributed by atoms with Crippen LogP contribution in [0.15, 0.2) is 24.3 Å². The number of para-hydroxylation sites is 1. The van der Waals surface area contributed by atoms with Gasteiger partial charge in [-0.25, -0.2) is 0 Å². The maximum Gasteiger partial charge on any atom is 0.196 e. The van der Waals surface area contributed by atoms with Gasteiger partial charge in [-0.05, 0) is 11.6 Å². The normalized spacial score (nSPS) is 27.4. The number of benzene rings is 1. The predicted molar refractivity (Wildman–Crippen MR) is 46.2 cm³/mol. The molecular weight excluding hydrogens is 167 g/mol. The van der Waals surface area contributed by atoms with E-state index >= 15 is 0 Å². The van der Waals surface area contributed by atoms with Crippen LogP contribution >= 0.6 is 0 Å². The van der Waals surface area contributed by atoms with Crippen molar-refractivity contribution < 1.29 is 9.84 Å². The van der Waals surface area contributed by atoms with Crippen LogP contribution < -0.4 is 4.74 Å². The molecule has 2 unspecified atom stereocenters. The molecule has 0 saturated heterocycles. The van der Waals surface area contributed by atoms with Crippen LogP contribution in [0, 0.1) is 0 Å². The molecule has 1 aliphatic rings. The average molecular weight is 176 g/mol. The molecule has 1 aromatic rings. The number of aliphatic hydroxyl groups is 1. The third kappa shape index (κ3) is 1.36. The Morgan fingerprint density at radius 3 is 3.00 bits per heavy atom. The molecule has 0 bridgehead atoms. The Balaban J connectivity index is 2.40. The third-order valence-corrected chi connectivity index (χ3v) is 2.67. The predicted octanol–water partition coefficient (Wildman–Crippen LogP) is 0.997. The summed E-state index contributed by atoms with van der Waals surface area (Å²) >= 11 is 2.72. The number of hydrogen-bond donors (Lipinski definition) is 1. The van der Waals surface area contributed by atoms with Gasteiger partial charge in [0.1, 0.15) is 22.0 Å². The fourth-order valence-electron chi connectivity index (χ4n) is 1.43. The zero-order valence-electron chi connectivity index (χ0n) is 6.60. The number of hydrogen-bond acceptors (Lipinski definition) is 2. The van der Waals surface area contributed by atoms with Gasteiger partial charge < -0.3 is 9.84 Å². The highest BCUT2D eigenvalue weighted by Gasteiger charge is 2.21. The highest BCUT2D eigenvalue weighted by molar-refractivity contribution is 6.12.